The van der Waals surface area contributed by atoms with Crippen LogP contribution < -0.4 is 0 Å². The summed E-state index contributed by atoms with van der Waals surface area (Å²) >= 11 is 0. The third-order valence-corrected chi connectivity index (χ3v) is 6.61. The Bertz CT molecular complexity index is 788. The maximum atomic E-state index is 14.1. The average molecular weight is 404 g/mol. The molecule has 2 aromatic rings. The zero-order valence-corrected chi connectivity index (χ0v) is 17.4. The second-order valence-corrected chi connectivity index (χ2v) is 8.40. The largest absolute Gasteiger partial charge is 0.388 e. The lowest BCUT2D eigenvalue weighted by molar-refractivity contribution is 0.117. The number of fused-ring (bicyclic) bond motifs is 1. The Morgan fingerprint density at radius 3 is 2.46 bits per heavy atom. The summed E-state index contributed by atoms with van der Waals surface area (Å²) in [6.45, 7) is 5.25. The van der Waals surface area contributed by atoms with Gasteiger partial charge in [-0.3, -0.25) is 0 Å². The fourth-order valence-corrected chi connectivity index (χ4v) is 5.05. The molecule has 28 heavy (non-hydrogen) atoms. The van der Waals surface area contributed by atoms with Gasteiger partial charge in [-0.05, 0) is 92.3 Å². The molecule has 2 unspecified atom stereocenters. The Hall–Kier alpha value is -1.42. The monoisotopic (exact) mass is 403 g/mol. The Balaban J connectivity index is 0.00000225. The molecule has 1 fully saturated rings. The molecule has 2 nitrogen and oxygen atoms in total. The summed E-state index contributed by atoms with van der Waals surface area (Å²) in [5, 5.41) is 10.7. The molecule has 0 amide bonds. The molecule has 0 radical (unpaired) electrons. The van der Waals surface area contributed by atoms with Gasteiger partial charge in [0.15, 0.2) is 0 Å². The molecule has 0 bridgehead atoms. The normalized spacial score (nSPS) is 23.5. The summed E-state index contributed by atoms with van der Waals surface area (Å²) in [5.41, 5.74) is 4.67. The highest BCUT2D eigenvalue weighted by Crippen LogP contribution is 2.35. The topological polar surface area (TPSA) is 23.5 Å². The molecular formula is C24H31ClFNO. The number of hydrogen-bond donors (Lipinski definition) is 1. The van der Waals surface area contributed by atoms with Gasteiger partial charge in [0.1, 0.15) is 5.82 Å². The number of aryl methyl sites for hydroxylation is 1. The van der Waals surface area contributed by atoms with Crippen LogP contribution in [-0.4, -0.2) is 29.6 Å². The van der Waals surface area contributed by atoms with E-state index in [1.165, 1.54) is 11.1 Å². The molecule has 0 spiro atoms. The van der Waals surface area contributed by atoms with Crippen molar-refractivity contribution in [1.82, 2.24) is 4.90 Å². The van der Waals surface area contributed by atoms with Gasteiger partial charge >= 0.3 is 0 Å². The van der Waals surface area contributed by atoms with Crippen molar-refractivity contribution in [3.05, 3.63) is 70.5 Å². The summed E-state index contributed by atoms with van der Waals surface area (Å²) in [6, 6.07) is 13.5. The lowest BCUT2D eigenvalue weighted by atomic mass is 9.88. The third-order valence-electron chi connectivity index (χ3n) is 6.61. The number of likely N-dealkylation sites (tertiary alicyclic amines) is 1. The molecule has 1 aliphatic carbocycles. The quantitative estimate of drug-likeness (QED) is 0.691. The van der Waals surface area contributed by atoms with Crippen LogP contribution in [0.4, 0.5) is 4.39 Å². The fraction of sp³-hybridized carbons (Fsp3) is 0.500. The van der Waals surface area contributed by atoms with Crippen LogP contribution in [0.3, 0.4) is 0 Å². The highest BCUT2D eigenvalue weighted by atomic mass is 35.5. The van der Waals surface area contributed by atoms with Crippen molar-refractivity contribution in [2.24, 2.45) is 5.92 Å². The first-order chi connectivity index (χ1) is 13.1. The summed E-state index contributed by atoms with van der Waals surface area (Å²) in [5.74, 6) is 0.807. The van der Waals surface area contributed by atoms with Crippen LogP contribution in [0.25, 0.3) is 0 Å². The Morgan fingerprint density at radius 2 is 1.71 bits per heavy atom. The summed E-state index contributed by atoms with van der Waals surface area (Å²) in [6.07, 6.45) is 4.76. The highest BCUT2D eigenvalue weighted by molar-refractivity contribution is 5.85. The Kier molecular flexibility index (Phi) is 7.14. The van der Waals surface area contributed by atoms with E-state index in [2.05, 4.69) is 30.0 Å². The first kappa shape index (κ1) is 21.3. The van der Waals surface area contributed by atoms with Gasteiger partial charge < -0.3 is 10.0 Å². The first-order valence-corrected chi connectivity index (χ1v) is 10.3. The zero-order chi connectivity index (χ0) is 18.8. The van der Waals surface area contributed by atoms with Crippen molar-refractivity contribution in [2.75, 3.05) is 19.6 Å². The van der Waals surface area contributed by atoms with Gasteiger partial charge in [0.25, 0.3) is 0 Å². The summed E-state index contributed by atoms with van der Waals surface area (Å²) in [7, 11) is 0. The lowest BCUT2D eigenvalue weighted by Crippen LogP contribution is -2.37. The number of nitrogens with zero attached hydrogens (tertiary/aromatic N) is 1. The fourth-order valence-electron chi connectivity index (χ4n) is 5.05. The SMILES string of the molecule is Cc1cccc2c1CCC(CN1CCC(c3ccccc3F)CC1)CC2O.Cl. The molecule has 4 heteroatoms. The molecule has 152 valence electrons. The molecule has 2 atom stereocenters. The number of aliphatic hydroxyl groups excluding tert-OH is 1. The van der Waals surface area contributed by atoms with Gasteiger partial charge in [-0.25, -0.2) is 4.39 Å². The molecule has 1 saturated heterocycles. The first-order valence-electron chi connectivity index (χ1n) is 10.3. The number of benzene rings is 2. The van der Waals surface area contributed by atoms with Crippen LogP contribution in [0, 0.1) is 18.7 Å². The predicted octanol–water partition coefficient (Wildman–Crippen LogP) is 5.42. The molecule has 0 aromatic heterocycles. The highest BCUT2D eigenvalue weighted by Gasteiger charge is 2.28. The molecule has 2 aliphatic rings. The standard InChI is InChI=1S/C24H30FNO.ClH/c1-17-5-4-7-22-20(17)10-9-18(15-24(22)27)16-26-13-11-19(12-14-26)21-6-2-3-8-23(21)25;/h2-8,18-19,24,27H,9-16H2,1H3;1H. The molecule has 4 rings (SSSR count). The molecule has 1 heterocycles. The second-order valence-electron chi connectivity index (χ2n) is 8.40. The van der Waals surface area contributed by atoms with E-state index in [-0.39, 0.29) is 24.3 Å². The van der Waals surface area contributed by atoms with E-state index < -0.39 is 0 Å². The van der Waals surface area contributed by atoms with Crippen molar-refractivity contribution < 1.29 is 9.50 Å². The summed E-state index contributed by atoms with van der Waals surface area (Å²) < 4.78 is 14.1. The minimum Gasteiger partial charge on any atom is -0.388 e. The van der Waals surface area contributed by atoms with Crippen molar-refractivity contribution in [3.8, 4) is 0 Å². The molecule has 1 aliphatic heterocycles. The summed E-state index contributed by atoms with van der Waals surface area (Å²) in [4.78, 5) is 2.53. The Morgan fingerprint density at radius 1 is 1.00 bits per heavy atom. The van der Waals surface area contributed by atoms with Gasteiger partial charge in [0.05, 0.1) is 6.10 Å². The van der Waals surface area contributed by atoms with Crippen molar-refractivity contribution in [2.45, 2.75) is 51.0 Å². The second kappa shape index (κ2) is 9.39. The predicted molar refractivity (Wildman–Crippen MR) is 115 cm³/mol. The Labute approximate surface area is 174 Å². The van der Waals surface area contributed by atoms with E-state index in [9.17, 15) is 9.50 Å². The maximum Gasteiger partial charge on any atom is 0.126 e. The third kappa shape index (κ3) is 4.59. The number of hydrogen-bond acceptors (Lipinski definition) is 2. The number of aliphatic hydroxyl groups is 1. The van der Waals surface area contributed by atoms with Crippen LogP contribution in [0.5, 0.6) is 0 Å². The van der Waals surface area contributed by atoms with E-state index in [4.69, 9.17) is 0 Å². The van der Waals surface area contributed by atoms with Crippen LogP contribution in [0.15, 0.2) is 42.5 Å². The molecular weight excluding hydrogens is 373 g/mol. The average Bonchev–Trinajstić information content (AvgIpc) is 2.83. The molecule has 0 saturated carbocycles. The minimum absolute atomic E-state index is 0. The van der Waals surface area contributed by atoms with Crippen molar-refractivity contribution in [1.29, 1.82) is 0 Å². The van der Waals surface area contributed by atoms with Gasteiger partial charge in [0.2, 0.25) is 0 Å². The van der Waals surface area contributed by atoms with Gasteiger partial charge in [0, 0.05) is 6.54 Å². The van der Waals surface area contributed by atoms with Gasteiger partial charge in [-0.2, -0.15) is 0 Å². The van der Waals surface area contributed by atoms with Gasteiger partial charge in [-0.1, -0.05) is 36.4 Å². The van der Waals surface area contributed by atoms with E-state index in [1.807, 2.05) is 12.1 Å². The number of piperidine rings is 1. The van der Waals surface area contributed by atoms with E-state index in [1.54, 1.807) is 12.1 Å². The lowest BCUT2D eigenvalue weighted by Gasteiger charge is -2.34. The van der Waals surface area contributed by atoms with Crippen LogP contribution in [0.2, 0.25) is 0 Å². The van der Waals surface area contributed by atoms with E-state index >= 15 is 0 Å². The smallest absolute Gasteiger partial charge is 0.126 e. The molecule has 2 aromatic carbocycles. The van der Waals surface area contributed by atoms with Crippen LogP contribution >= 0.6 is 12.4 Å². The van der Waals surface area contributed by atoms with Crippen molar-refractivity contribution in [3.63, 3.8) is 0 Å². The number of rotatable bonds is 3. The molecule has 1 N–H and O–H groups in total. The van der Waals surface area contributed by atoms with Crippen molar-refractivity contribution >= 4 is 12.4 Å². The van der Waals surface area contributed by atoms with Gasteiger partial charge in [-0.15, -0.1) is 12.4 Å². The zero-order valence-electron chi connectivity index (χ0n) is 16.6. The number of halogens is 2. The van der Waals surface area contributed by atoms with E-state index in [0.29, 0.717) is 11.8 Å². The van der Waals surface area contributed by atoms with E-state index in [0.717, 1.165) is 62.9 Å². The van der Waals surface area contributed by atoms with Crippen LogP contribution in [0.1, 0.15) is 60.0 Å². The maximum absolute atomic E-state index is 14.1. The van der Waals surface area contributed by atoms with Crippen LogP contribution in [-0.2, 0) is 6.42 Å². The minimum atomic E-state index is -0.344.